The summed E-state index contributed by atoms with van der Waals surface area (Å²) in [6.45, 7) is 0. The van der Waals surface area contributed by atoms with Crippen LogP contribution < -0.4 is 22.3 Å². The highest BCUT2D eigenvalue weighted by molar-refractivity contribution is 4.82. The number of hydrogen-bond donors (Lipinski definition) is 4. The van der Waals surface area contributed by atoms with Crippen LogP contribution in [0.3, 0.4) is 0 Å². The Hall–Kier alpha value is -0.580. The number of rotatable bonds is 5. The molecule has 1 aliphatic rings. The molecule has 14 heavy (non-hydrogen) atoms. The molecule has 4 nitrogen and oxygen atoms in total. The summed E-state index contributed by atoms with van der Waals surface area (Å²) in [6.07, 6.45) is 11.7. The lowest BCUT2D eigenvalue weighted by Crippen LogP contribution is -2.50. The predicted molar refractivity (Wildman–Crippen MR) is 58.8 cm³/mol. The Labute approximate surface area is 86.1 Å². The average Bonchev–Trinajstić information content (AvgIpc) is 2.18. The van der Waals surface area contributed by atoms with Gasteiger partial charge in [-0.1, -0.05) is 38.2 Å². The van der Waals surface area contributed by atoms with E-state index in [2.05, 4.69) is 16.9 Å². The highest BCUT2D eigenvalue weighted by atomic mass is 15.4. The van der Waals surface area contributed by atoms with Gasteiger partial charge in [0.15, 0.2) is 0 Å². The Morgan fingerprint density at radius 3 is 2.57 bits per heavy atom. The van der Waals surface area contributed by atoms with Crippen LogP contribution in [0, 0.1) is 5.92 Å². The molecule has 0 atom stereocenters. The van der Waals surface area contributed by atoms with Crippen molar-refractivity contribution in [3.8, 4) is 0 Å². The van der Waals surface area contributed by atoms with Crippen molar-refractivity contribution in [2.45, 2.75) is 44.8 Å². The highest BCUT2D eigenvalue weighted by Gasteiger charge is 2.10. The molecule has 1 saturated carbocycles. The van der Waals surface area contributed by atoms with Crippen molar-refractivity contribution in [2.24, 2.45) is 17.4 Å². The van der Waals surface area contributed by atoms with Gasteiger partial charge in [-0.05, 0) is 12.3 Å². The van der Waals surface area contributed by atoms with Crippen LogP contribution in [-0.2, 0) is 0 Å². The van der Waals surface area contributed by atoms with Crippen LogP contribution in [-0.4, -0.2) is 6.29 Å². The first-order valence-electron chi connectivity index (χ1n) is 5.46. The topological polar surface area (TPSA) is 76.1 Å². The maximum absolute atomic E-state index is 5.29. The molecule has 0 aliphatic heterocycles. The number of nitrogens with one attached hydrogen (secondary N) is 2. The van der Waals surface area contributed by atoms with Gasteiger partial charge >= 0.3 is 0 Å². The van der Waals surface area contributed by atoms with Crippen LogP contribution in [0.25, 0.3) is 0 Å². The second-order valence-electron chi connectivity index (χ2n) is 3.96. The summed E-state index contributed by atoms with van der Waals surface area (Å²) in [5.74, 6) is 0.883. The van der Waals surface area contributed by atoms with E-state index in [0.29, 0.717) is 0 Å². The monoisotopic (exact) mass is 198 g/mol. The molecule has 0 unspecified atom stereocenters. The van der Waals surface area contributed by atoms with Crippen molar-refractivity contribution in [1.29, 1.82) is 0 Å². The van der Waals surface area contributed by atoms with Gasteiger partial charge in [-0.25, -0.2) is 5.43 Å². The summed E-state index contributed by atoms with van der Waals surface area (Å²) in [7, 11) is 0. The molecule has 4 heteroatoms. The third kappa shape index (κ3) is 5.21. The molecule has 1 aliphatic carbocycles. The van der Waals surface area contributed by atoms with Crippen LogP contribution >= 0.6 is 0 Å². The van der Waals surface area contributed by atoms with Crippen molar-refractivity contribution in [2.75, 3.05) is 0 Å². The highest BCUT2D eigenvalue weighted by Crippen LogP contribution is 2.26. The molecule has 0 heterocycles. The zero-order valence-electron chi connectivity index (χ0n) is 8.71. The SMILES string of the molecule is NC(N)NNC=CCC1CCCCC1. The molecule has 0 saturated heterocycles. The standard InChI is InChI=1S/C10H22N4/c11-10(12)14-13-8-4-7-9-5-2-1-3-6-9/h4,8-10,13-14H,1-3,5-7,11-12H2. The van der Waals surface area contributed by atoms with Crippen LogP contribution in [0.4, 0.5) is 0 Å². The molecule has 0 radical (unpaired) electrons. The first-order chi connectivity index (χ1) is 6.79. The van der Waals surface area contributed by atoms with E-state index < -0.39 is 6.29 Å². The molecule has 0 aromatic heterocycles. The second kappa shape index (κ2) is 6.81. The fraction of sp³-hybridized carbons (Fsp3) is 0.800. The van der Waals surface area contributed by atoms with E-state index in [-0.39, 0.29) is 0 Å². The molecule has 0 aromatic carbocycles. The molecule has 82 valence electrons. The van der Waals surface area contributed by atoms with Gasteiger partial charge in [0.2, 0.25) is 0 Å². The third-order valence-electron chi connectivity index (χ3n) is 2.65. The third-order valence-corrected chi connectivity index (χ3v) is 2.65. The second-order valence-corrected chi connectivity index (χ2v) is 3.96. The van der Waals surface area contributed by atoms with E-state index in [9.17, 15) is 0 Å². The first kappa shape index (κ1) is 11.5. The molecule has 6 N–H and O–H groups in total. The molecule has 1 rings (SSSR count). The number of hydrazine groups is 1. The zero-order valence-corrected chi connectivity index (χ0v) is 8.71. The van der Waals surface area contributed by atoms with Crippen LogP contribution in [0.2, 0.25) is 0 Å². The largest absolute Gasteiger partial charge is 0.327 e. The number of nitrogens with two attached hydrogens (primary N) is 2. The van der Waals surface area contributed by atoms with E-state index in [1.165, 1.54) is 32.1 Å². The Morgan fingerprint density at radius 1 is 1.21 bits per heavy atom. The van der Waals surface area contributed by atoms with E-state index >= 15 is 0 Å². The van der Waals surface area contributed by atoms with Gasteiger partial charge < -0.3 is 16.9 Å². The van der Waals surface area contributed by atoms with Crippen LogP contribution in [0.5, 0.6) is 0 Å². The van der Waals surface area contributed by atoms with E-state index in [1.807, 2.05) is 6.20 Å². The van der Waals surface area contributed by atoms with E-state index in [4.69, 9.17) is 11.5 Å². The summed E-state index contributed by atoms with van der Waals surface area (Å²) >= 11 is 0. The quantitative estimate of drug-likeness (QED) is 0.389. The minimum Gasteiger partial charge on any atom is -0.327 e. The van der Waals surface area contributed by atoms with Crippen molar-refractivity contribution in [3.63, 3.8) is 0 Å². The number of allylic oxidation sites excluding steroid dienone is 1. The average molecular weight is 198 g/mol. The minimum atomic E-state index is -0.505. The van der Waals surface area contributed by atoms with Gasteiger partial charge in [-0.2, -0.15) is 0 Å². The van der Waals surface area contributed by atoms with Crippen molar-refractivity contribution < 1.29 is 0 Å². The molecule has 0 bridgehead atoms. The van der Waals surface area contributed by atoms with Crippen LogP contribution in [0.15, 0.2) is 12.3 Å². The lowest BCUT2D eigenvalue weighted by molar-refractivity contribution is 0.361. The summed E-state index contributed by atoms with van der Waals surface area (Å²) in [6, 6.07) is 0. The minimum absolute atomic E-state index is 0.505. The van der Waals surface area contributed by atoms with Gasteiger partial charge in [0.25, 0.3) is 0 Å². The Balaban J connectivity index is 2.00. The van der Waals surface area contributed by atoms with Gasteiger partial charge in [0.05, 0.1) is 0 Å². The molecular formula is C10H22N4. The Kier molecular flexibility index (Phi) is 5.59. The van der Waals surface area contributed by atoms with Gasteiger partial charge in [-0.15, -0.1) is 0 Å². The number of hydrogen-bond acceptors (Lipinski definition) is 4. The fourth-order valence-electron chi connectivity index (χ4n) is 1.89. The maximum atomic E-state index is 5.29. The lowest BCUT2D eigenvalue weighted by Gasteiger charge is -2.19. The zero-order chi connectivity index (χ0) is 10.2. The van der Waals surface area contributed by atoms with Crippen LogP contribution in [0.1, 0.15) is 38.5 Å². The summed E-state index contributed by atoms with van der Waals surface area (Å²) in [4.78, 5) is 0. The fourth-order valence-corrected chi connectivity index (χ4v) is 1.89. The van der Waals surface area contributed by atoms with E-state index in [1.54, 1.807) is 0 Å². The Bertz CT molecular complexity index is 162. The lowest BCUT2D eigenvalue weighted by atomic mass is 9.87. The molecular weight excluding hydrogens is 176 g/mol. The van der Waals surface area contributed by atoms with Gasteiger partial charge in [0.1, 0.15) is 6.29 Å². The predicted octanol–water partition coefficient (Wildman–Crippen LogP) is 0.766. The van der Waals surface area contributed by atoms with Crippen molar-refractivity contribution >= 4 is 0 Å². The van der Waals surface area contributed by atoms with Crippen molar-refractivity contribution in [3.05, 3.63) is 12.3 Å². The molecule has 0 aromatic rings. The molecule has 1 fully saturated rings. The van der Waals surface area contributed by atoms with Crippen molar-refractivity contribution in [1.82, 2.24) is 10.9 Å². The van der Waals surface area contributed by atoms with E-state index in [0.717, 1.165) is 12.3 Å². The molecule has 0 amide bonds. The smallest absolute Gasteiger partial charge is 0.123 e. The van der Waals surface area contributed by atoms with Gasteiger partial charge in [0, 0.05) is 6.20 Å². The summed E-state index contributed by atoms with van der Waals surface area (Å²) in [5.41, 5.74) is 16.1. The summed E-state index contributed by atoms with van der Waals surface area (Å²) < 4.78 is 0. The molecule has 0 spiro atoms. The maximum Gasteiger partial charge on any atom is 0.123 e. The summed E-state index contributed by atoms with van der Waals surface area (Å²) in [5, 5.41) is 0. The normalized spacial score (nSPS) is 19.4. The Morgan fingerprint density at radius 2 is 1.93 bits per heavy atom. The first-order valence-corrected chi connectivity index (χ1v) is 5.46. The van der Waals surface area contributed by atoms with Gasteiger partial charge in [-0.3, -0.25) is 0 Å².